The highest BCUT2D eigenvalue weighted by atomic mass is 79.9. The number of pyridine rings is 1. The van der Waals surface area contributed by atoms with Crippen LogP contribution in [0.25, 0.3) is 0 Å². The molecule has 19 heavy (non-hydrogen) atoms. The molecule has 4 nitrogen and oxygen atoms in total. The number of nitrogens with zero attached hydrogens (tertiary/aromatic N) is 1. The van der Waals surface area contributed by atoms with Gasteiger partial charge in [0.1, 0.15) is 4.90 Å². The van der Waals surface area contributed by atoms with Gasteiger partial charge in [0.15, 0.2) is 5.82 Å². The molecule has 0 atom stereocenters. The molecule has 2 rings (SSSR count). The number of nitrogens with one attached hydrogen (secondary N) is 1. The Kier molecular flexibility index (Phi) is 4.50. The molecule has 8 heteroatoms. The van der Waals surface area contributed by atoms with E-state index in [-0.39, 0.29) is 15.7 Å². The molecular formula is C11H7Br2ClN2O2S. The van der Waals surface area contributed by atoms with Crippen LogP contribution in [0.2, 0.25) is 5.02 Å². The Bertz CT molecular complexity index is 702. The van der Waals surface area contributed by atoms with Crippen molar-refractivity contribution in [2.24, 2.45) is 0 Å². The van der Waals surface area contributed by atoms with E-state index in [2.05, 4.69) is 41.6 Å². The Morgan fingerprint density at radius 2 is 1.79 bits per heavy atom. The van der Waals surface area contributed by atoms with Crippen LogP contribution >= 0.6 is 43.5 Å². The van der Waals surface area contributed by atoms with Crippen molar-refractivity contribution >= 4 is 59.3 Å². The molecule has 1 heterocycles. The molecule has 1 aromatic heterocycles. The van der Waals surface area contributed by atoms with E-state index in [4.69, 9.17) is 11.6 Å². The Hall–Kier alpha value is -0.630. The molecular weight excluding hydrogens is 419 g/mol. The summed E-state index contributed by atoms with van der Waals surface area (Å²) in [5.74, 6) is 0.203. The van der Waals surface area contributed by atoms with Crippen LogP contribution in [0.3, 0.4) is 0 Å². The second-order valence-corrected chi connectivity index (χ2v) is 7.23. The summed E-state index contributed by atoms with van der Waals surface area (Å²) in [6.07, 6.45) is 1.49. The molecule has 0 saturated carbocycles. The predicted octanol–water partition coefficient (Wildman–Crippen LogP) is 4.06. The average Bonchev–Trinajstić information content (AvgIpc) is 2.31. The third-order valence-electron chi connectivity index (χ3n) is 2.18. The van der Waals surface area contributed by atoms with Crippen LogP contribution in [0.4, 0.5) is 5.82 Å². The van der Waals surface area contributed by atoms with Gasteiger partial charge in [0.05, 0.1) is 9.50 Å². The topological polar surface area (TPSA) is 59.1 Å². The minimum Gasteiger partial charge on any atom is -0.262 e. The highest BCUT2D eigenvalue weighted by molar-refractivity contribution is 9.11. The molecule has 0 saturated heterocycles. The van der Waals surface area contributed by atoms with Gasteiger partial charge in [0, 0.05) is 10.7 Å². The van der Waals surface area contributed by atoms with E-state index < -0.39 is 10.0 Å². The minimum absolute atomic E-state index is 0.0192. The van der Waals surface area contributed by atoms with E-state index in [1.54, 1.807) is 24.3 Å². The Balaban J connectivity index is 2.47. The highest BCUT2D eigenvalue weighted by Crippen LogP contribution is 2.31. The molecule has 0 fully saturated rings. The van der Waals surface area contributed by atoms with Crippen LogP contribution in [0.15, 0.2) is 50.4 Å². The SMILES string of the molecule is O=S(=O)(Nc1ncccc1Br)c1c(Cl)cccc1Br. The van der Waals surface area contributed by atoms with Gasteiger partial charge in [-0.05, 0) is 56.1 Å². The molecule has 0 aliphatic heterocycles. The fraction of sp³-hybridized carbons (Fsp3) is 0. The van der Waals surface area contributed by atoms with Gasteiger partial charge in [-0.25, -0.2) is 13.4 Å². The maximum Gasteiger partial charge on any atom is 0.265 e. The highest BCUT2D eigenvalue weighted by Gasteiger charge is 2.22. The van der Waals surface area contributed by atoms with Gasteiger partial charge in [0.2, 0.25) is 0 Å². The monoisotopic (exact) mass is 424 g/mol. The summed E-state index contributed by atoms with van der Waals surface area (Å²) in [4.78, 5) is 3.93. The Labute approximate surface area is 132 Å². The Morgan fingerprint density at radius 3 is 2.42 bits per heavy atom. The predicted molar refractivity (Wildman–Crippen MR) is 81.9 cm³/mol. The van der Waals surface area contributed by atoms with Gasteiger partial charge in [-0.3, -0.25) is 4.72 Å². The van der Waals surface area contributed by atoms with Crippen LogP contribution in [0, 0.1) is 0 Å². The molecule has 0 spiro atoms. The first-order valence-corrected chi connectivity index (χ1v) is 8.44. The van der Waals surface area contributed by atoms with E-state index >= 15 is 0 Å². The third kappa shape index (κ3) is 3.28. The summed E-state index contributed by atoms with van der Waals surface area (Å²) in [6, 6.07) is 8.14. The van der Waals surface area contributed by atoms with Crippen molar-refractivity contribution in [2.75, 3.05) is 4.72 Å². The summed E-state index contributed by atoms with van der Waals surface area (Å²) in [5, 5.41) is 0.133. The van der Waals surface area contributed by atoms with Crippen molar-refractivity contribution in [3.05, 3.63) is 50.5 Å². The lowest BCUT2D eigenvalue weighted by Gasteiger charge is -2.11. The third-order valence-corrected chi connectivity index (χ3v) is 5.61. The minimum atomic E-state index is -3.82. The normalized spacial score (nSPS) is 11.3. The lowest BCUT2D eigenvalue weighted by Crippen LogP contribution is -2.15. The summed E-state index contributed by atoms with van der Waals surface area (Å²) >= 11 is 12.3. The number of anilines is 1. The average molecular weight is 427 g/mol. The molecule has 2 aromatic rings. The zero-order valence-electron chi connectivity index (χ0n) is 9.27. The van der Waals surface area contributed by atoms with Crippen molar-refractivity contribution in [2.45, 2.75) is 4.90 Å². The van der Waals surface area contributed by atoms with Gasteiger partial charge in [-0.15, -0.1) is 0 Å². The largest absolute Gasteiger partial charge is 0.265 e. The van der Waals surface area contributed by atoms with E-state index in [1.807, 2.05) is 0 Å². The van der Waals surface area contributed by atoms with Crippen molar-refractivity contribution < 1.29 is 8.42 Å². The molecule has 0 aliphatic carbocycles. The van der Waals surface area contributed by atoms with Gasteiger partial charge in [-0.1, -0.05) is 17.7 Å². The zero-order chi connectivity index (χ0) is 14.0. The first-order chi connectivity index (χ1) is 8.92. The van der Waals surface area contributed by atoms with Crippen LogP contribution in [-0.4, -0.2) is 13.4 Å². The Morgan fingerprint density at radius 1 is 1.11 bits per heavy atom. The van der Waals surface area contributed by atoms with Crippen molar-refractivity contribution in [3.63, 3.8) is 0 Å². The molecule has 0 unspecified atom stereocenters. The number of hydrogen-bond donors (Lipinski definition) is 1. The van der Waals surface area contributed by atoms with Gasteiger partial charge >= 0.3 is 0 Å². The fourth-order valence-electron chi connectivity index (χ4n) is 1.38. The van der Waals surface area contributed by atoms with Gasteiger partial charge in [-0.2, -0.15) is 0 Å². The van der Waals surface area contributed by atoms with E-state index in [1.165, 1.54) is 12.3 Å². The van der Waals surface area contributed by atoms with Crippen molar-refractivity contribution in [1.29, 1.82) is 0 Å². The van der Waals surface area contributed by atoms with Gasteiger partial charge in [0.25, 0.3) is 10.0 Å². The van der Waals surface area contributed by atoms with Crippen LogP contribution in [-0.2, 0) is 10.0 Å². The number of hydrogen-bond acceptors (Lipinski definition) is 3. The molecule has 1 aromatic carbocycles. The van der Waals surface area contributed by atoms with Crippen LogP contribution in [0.1, 0.15) is 0 Å². The second-order valence-electron chi connectivity index (χ2n) is 3.49. The zero-order valence-corrected chi connectivity index (χ0v) is 14.0. The smallest absolute Gasteiger partial charge is 0.262 e. The maximum atomic E-state index is 12.3. The van der Waals surface area contributed by atoms with Crippen LogP contribution < -0.4 is 4.72 Å². The first-order valence-electron chi connectivity index (χ1n) is 4.99. The van der Waals surface area contributed by atoms with Crippen molar-refractivity contribution in [1.82, 2.24) is 4.98 Å². The maximum absolute atomic E-state index is 12.3. The molecule has 0 aliphatic rings. The lowest BCUT2D eigenvalue weighted by atomic mass is 10.4. The van der Waals surface area contributed by atoms with Crippen molar-refractivity contribution in [3.8, 4) is 0 Å². The van der Waals surface area contributed by atoms with E-state index in [0.717, 1.165) is 0 Å². The summed E-state index contributed by atoms with van der Waals surface area (Å²) in [5.41, 5.74) is 0. The molecule has 0 amide bonds. The standard InChI is InChI=1S/C11H7Br2ClN2O2S/c12-7-3-1-5-9(14)10(7)19(17,18)16-11-8(13)4-2-6-15-11/h1-6H,(H,15,16). The molecule has 1 N–H and O–H groups in total. The number of benzene rings is 1. The van der Waals surface area contributed by atoms with Gasteiger partial charge < -0.3 is 0 Å². The first kappa shape index (κ1) is 14.8. The number of sulfonamides is 1. The van der Waals surface area contributed by atoms with E-state index in [9.17, 15) is 8.42 Å². The number of halogens is 3. The number of aromatic nitrogens is 1. The summed E-state index contributed by atoms with van der Waals surface area (Å²) in [7, 11) is -3.82. The summed E-state index contributed by atoms with van der Waals surface area (Å²) < 4.78 is 27.9. The summed E-state index contributed by atoms with van der Waals surface area (Å²) in [6.45, 7) is 0. The van der Waals surface area contributed by atoms with Crippen LogP contribution in [0.5, 0.6) is 0 Å². The molecule has 0 bridgehead atoms. The lowest BCUT2D eigenvalue weighted by molar-refractivity contribution is 0.600. The molecule has 0 radical (unpaired) electrons. The second kappa shape index (κ2) is 5.78. The fourth-order valence-corrected chi connectivity index (χ4v) is 4.63. The quantitative estimate of drug-likeness (QED) is 0.805. The molecule has 100 valence electrons. The van der Waals surface area contributed by atoms with E-state index in [0.29, 0.717) is 8.95 Å². The number of rotatable bonds is 3.